The number of carbonyl (C=O) groups excluding carboxylic acids is 2. The van der Waals surface area contributed by atoms with Gasteiger partial charge in [-0.25, -0.2) is 0 Å². The van der Waals surface area contributed by atoms with E-state index in [4.69, 9.17) is 0 Å². The van der Waals surface area contributed by atoms with Crippen molar-refractivity contribution in [3.05, 3.63) is 77.4 Å². The quantitative estimate of drug-likeness (QED) is 0.538. The van der Waals surface area contributed by atoms with Gasteiger partial charge in [-0.3, -0.25) is 14.5 Å². The minimum atomic E-state index is -4.47. The number of thioether (sulfide) groups is 1. The zero-order chi connectivity index (χ0) is 20.6. The van der Waals surface area contributed by atoms with Crippen LogP contribution in [0.15, 0.2) is 60.7 Å². The first-order valence-corrected chi connectivity index (χ1v) is 9.89. The van der Waals surface area contributed by atoms with Crippen LogP contribution in [0.3, 0.4) is 0 Å². The number of amides is 1. The number of nitrogens with zero attached hydrogens (tertiary/aromatic N) is 1. The van der Waals surface area contributed by atoms with E-state index in [0.717, 1.165) is 22.9 Å². The number of halogens is 3. The first-order chi connectivity index (χ1) is 13.7. The van der Waals surface area contributed by atoms with E-state index in [1.807, 2.05) is 24.3 Å². The zero-order valence-corrected chi connectivity index (χ0v) is 16.0. The van der Waals surface area contributed by atoms with Gasteiger partial charge in [0.2, 0.25) is 11.7 Å². The van der Waals surface area contributed by atoms with Gasteiger partial charge in [0.1, 0.15) is 0 Å². The van der Waals surface area contributed by atoms with Crippen LogP contribution in [-0.2, 0) is 15.8 Å². The van der Waals surface area contributed by atoms with Crippen molar-refractivity contribution in [2.24, 2.45) is 0 Å². The number of hydrogen-bond donors (Lipinski definition) is 0. The second-order valence-electron chi connectivity index (χ2n) is 7.16. The van der Waals surface area contributed by atoms with Gasteiger partial charge in [-0.2, -0.15) is 13.2 Å². The second-order valence-corrected chi connectivity index (χ2v) is 8.69. The summed E-state index contributed by atoms with van der Waals surface area (Å²) in [6.07, 6.45) is -4.47. The standard InChI is InChI=1S/C22H14F3NO2S/c1-12-20(28)26(15-10-8-14(9-11-15)22(23,24)25)21(29-12)17-7-3-5-13-4-2-6-16(18(13)17)19(21)27/h2-12H,1H3. The van der Waals surface area contributed by atoms with Crippen molar-refractivity contribution in [1.29, 1.82) is 0 Å². The van der Waals surface area contributed by atoms with Crippen molar-refractivity contribution in [3.8, 4) is 0 Å². The maximum atomic E-state index is 13.6. The molecule has 3 aromatic rings. The van der Waals surface area contributed by atoms with Crippen molar-refractivity contribution in [1.82, 2.24) is 0 Å². The minimum Gasteiger partial charge on any atom is -0.290 e. The highest BCUT2D eigenvalue weighted by Gasteiger charge is 2.60. The first-order valence-electron chi connectivity index (χ1n) is 9.01. The molecule has 2 atom stereocenters. The van der Waals surface area contributed by atoms with E-state index in [2.05, 4.69) is 0 Å². The summed E-state index contributed by atoms with van der Waals surface area (Å²) < 4.78 is 39.0. The molecule has 2 unspecified atom stereocenters. The predicted molar refractivity (Wildman–Crippen MR) is 106 cm³/mol. The molecule has 1 saturated heterocycles. The summed E-state index contributed by atoms with van der Waals surface area (Å²) in [6, 6.07) is 15.4. The number of ketones is 1. The van der Waals surface area contributed by atoms with Gasteiger partial charge in [-0.1, -0.05) is 36.4 Å². The van der Waals surface area contributed by atoms with Gasteiger partial charge in [0.15, 0.2) is 4.87 Å². The molecule has 29 heavy (non-hydrogen) atoms. The summed E-state index contributed by atoms with van der Waals surface area (Å²) in [5, 5.41) is 1.18. The summed E-state index contributed by atoms with van der Waals surface area (Å²) in [5.41, 5.74) is 0.714. The van der Waals surface area contributed by atoms with Gasteiger partial charge in [-0.15, -0.1) is 11.8 Å². The molecule has 1 spiro atoms. The highest BCUT2D eigenvalue weighted by atomic mass is 32.2. The van der Waals surface area contributed by atoms with E-state index in [0.29, 0.717) is 11.1 Å². The molecule has 5 rings (SSSR count). The van der Waals surface area contributed by atoms with Gasteiger partial charge in [-0.05, 0) is 42.0 Å². The van der Waals surface area contributed by atoms with Crippen LogP contribution in [-0.4, -0.2) is 16.9 Å². The summed E-state index contributed by atoms with van der Waals surface area (Å²) in [4.78, 5) is 26.8. The molecule has 3 nitrogen and oxygen atoms in total. The first kappa shape index (κ1) is 18.2. The molecule has 3 aromatic carbocycles. The highest BCUT2D eigenvalue weighted by molar-refractivity contribution is 8.03. The van der Waals surface area contributed by atoms with Crippen LogP contribution in [0.2, 0.25) is 0 Å². The van der Waals surface area contributed by atoms with Crippen molar-refractivity contribution in [2.75, 3.05) is 4.90 Å². The second kappa shape index (κ2) is 5.86. The summed E-state index contributed by atoms with van der Waals surface area (Å²) in [5.74, 6) is -0.514. The van der Waals surface area contributed by atoms with E-state index in [9.17, 15) is 22.8 Å². The molecular weight excluding hydrogens is 399 g/mol. The molecule has 0 aromatic heterocycles. The Morgan fingerprint density at radius 3 is 2.28 bits per heavy atom. The molecule has 1 aliphatic heterocycles. The Labute approximate surface area is 168 Å². The highest BCUT2D eigenvalue weighted by Crippen LogP contribution is 2.57. The lowest BCUT2D eigenvalue weighted by atomic mass is 10.0. The Morgan fingerprint density at radius 1 is 0.966 bits per heavy atom. The number of fused-ring (bicyclic) bond motifs is 1. The Morgan fingerprint density at radius 2 is 1.62 bits per heavy atom. The van der Waals surface area contributed by atoms with Crippen LogP contribution >= 0.6 is 11.8 Å². The van der Waals surface area contributed by atoms with Crippen LogP contribution in [0.4, 0.5) is 18.9 Å². The van der Waals surface area contributed by atoms with E-state index < -0.39 is 21.9 Å². The molecule has 0 saturated carbocycles. The van der Waals surface area contributed by atoms with Crippen molar-refractivity contribution in [3.63, 3.8) is 0 Å². The van der Waals surface area contributed by atoms with Crippen LogP contribution < -0.4 is 4.90 Å². The molecule has 0 radical (unpaired) electrons. The van der Waals surface area contributed by atoms with Crippen molar-refractivity contribution in [2.45, 2.75) is 23.2 Å². The van der Waals surface area contributed by atoms with Crippen LogP contribution in [0.25, 0.3) is 10.8 Å². The third-order valence-electron chi connectivity index (χ3n) is 5.51. The van der Waals surface area contributed by atoms with Crippen LogP contribution in [0.5, 0.6) is 0 Å². The largest absolute Gasteiger partial charge is 0.416 e. The van der Waals surface area contributed by atoms with Gasteiger partial charge in [0.25, 0.3) is 0 Å². The zero-order valence-electron chi connectivity index (χ0n) is 15.2. The van der Waals surface area contributed by atoms with E-state index in [-0.39, 0.29) is 17.4 Å². The third-order valence-corrected chi connectivity index (χ3v) is 6.99. The molecule has 7 heteroatoms. The summed E-state index contributed by atoms with van der Waals surface area (Å²) in [7, 11) is 0. The lowest BCUT2D eigenvalue weighted by Crippen LogP contribution is -2.46. The Kier molecular flexibility index (Phi) is 3.68. The van der Waals surface area contributed by atoms with Crippen LogP contribution in [0, 0.1) is 0 Å². The Hall–Kier alpha value is -2.80. The smallest absolute Gasteiger partial charge is 0.290 e. The minimum absolute atomic E-state index is 0.216. The number of Topliss-reactive ketones (excluding diaryl/α,β-unsaturated/α-hetero) is 1. The topological polar surface area (TPSA) is 37.4 Å². The average molecular weight is 413 g/mol. The fraction of sp³-hybridized carbons (Fsp3) is 0.182. The summed E-state index contributed by atoms with van der Waals surface area (Å²) in [6.45, 7) is 1.72. The molecule has 0 N–H and O–H groups in total. The molecule has 1 heterocycles. The average Bonchev–Trinajstić information content (AvgIpc) is 3.10. The van der Waals surface area contributed by atoms with Gasteiger partial charge < -0.3 is 0 Å². The summed E-state index contributed by atoms with van der Waals surface area (Å²) >= 11 is 1.24. The number of carbonyl (C=O) groups is 2. The molecule has 2 aliphatic rings. The van der Waals surface area contributed by atoms with Crippen molar-refractivity contribution < 1.29 is 22.8 Å². The van der Waals surface area contributed by atoms with Gasteiger partial charge >= 0.3 is 6.18 Å². The molecule has 0 bridgehead atoms. The maximum absolute atomic E-state index is 13.6. The fourth-order valence-electron chi connectivity index (χ4n) is 4.26. The number of rotatable bonds is 1. The van der Waals surface area contributed by atoms with Gasteiger partial charge in [0, 0.05) is 16.8 Å². The Bertz CT molecular complexity index is 1180. The number of anilines is 1. The fourth-order valence-corrected chi connectivity index (χ4v) is 5.79. The molecule has 1 amide bonds. The van der Waals surface area contributed by atoms with Crippen molar-refractivity contribution >= 4 is 39.9 Å². The molecular formula is C22H14F3NO2S. The third kappa shape index (κ3) is 2.34. The van der Waals surface area contributed by atoms with E-state index in [1.165, 1.54) is 28.8 Å². The number of alkyl halides is 3. The predicted octanol–water partition coefficient (Wildman–Crippen LogP) is 5.38. The molecule has 146 valence electrons. The monoisotopic (exact) mass is 413 g/mol. The molecule has 1 fully saturated rings. The SMILES string of the molecule is CC1SC2(C(=O)c3cccc4cccc2c34)N(c2ccc(C(F)(F)F)cc2)C1=O. The number of hydrogen-bond acceptors (Lipinski definition) is 3. The van der Waals surface area contributed by atoms with E-state index >= 15 is 0 Å². The lowest BCUT2D eigenvalue weighted by Gasteiger charge is -2.33. The van der Waals surface area contributed by atoms with Gasteiger partial charge in [0.05, 0.1) is 10.8 Å². The maximum Gasteiger partial charge on any atom is 0.416 e. The lowest BCUT2D eigenvalue weighted by molar-refractivity contribution is -0.137. The normalized spacial score (nSPS) is 23.6. The van der Waals surface area contributed by atoms with Crippen LogP contribution in [0.1, 0.15) is 28.4 Å². The van der Waals surface area contributed by atoms with E-state index in [1.54, 1.807) is 19.1 Å². The number of benzene rings is 3. The Balaban J connectivity index is 1.74. The molecule has 1 aliphatic carbocycles.